The van der Waals surface area contributed by atoms with Crippen LogP contribution < -0.4 is 5.73 Å². The summed E-state index contributed by atoms with van der Waals surface area (Å²) in [6.45, 7) is -0.576. The smallest absolute Gasteiger partial charge is 0.375 e. The number of hydrogen-bond donors (Lipinski definition) is 1. The molecule has 2 rings (SSSR count). The molecule has 3 nitrogen and oxygen atoms in total. The summed E-state index contributed by atoms with van der Waals surface area (Å²) in [5, 5.41) is 0. The molecule has 2 fully saturated rings. The second-order valence-corrected chi connectivity index (χ2v) is 5.79. The highest BCUT2D eigenvalue weighted by Gasteiger charge is 2.41. The van der Waals surface area contributed by atoms with Gasteiger partial charge in [-0.15, -0.1) is 0 Å². The molecule has 0 bridgehead atoms. The minimum Gasteiger partial charge on any atom is -0.375 e. The van der Waals surface area contributed by atoms with E-state index in [-0.39, 0.29) is 24.2 Å². The summed E-state index contributed by atoms with van der Waals surface area (Å²) in [4.78, 5) is 0. The van der Waals surface area contributed by atoms with Crippen LogP contribution >= 0.6 is 0 Å². The number of nitrogens with two attached hydrogens (primary N) is 1. The monoisotopic (exact) mass is 281 g/mol. The van der Waals surface area contributed by atoms with Crippen molar-refractivity contribution in [3.05, 3.63) is 0 Å². The van der Waals surface area contributed by atoms with Crippen molar-refractivity contribution in [3.8, 4) is 0 Å². The quantitative estimate of drug-likeness (QED) is 0.861. The Kier molecular flexibility index (Phi) is 4.74. The van der Waals surface area contributed by atoms with Crippen LogP contribution in [-0.4, -0.2) is 37.6 Å². The summed E-state index contributed by atoms with van der Waals surface area (Å²) in [7, 11) is 0. The molecule has 1 heterocycles. The standard InChI is InChI=1S/C13H22F3NO2/c14-13(15,16)9-18-8-11(17)10-3-6-19-12(7-10)4-1-2-5-12/h10-11H,1-9,17H2. The Morgan fingerprint density at radius 2 is 2.00 bits per heavy atom. The van der Waals surface area contributed by atoms with Crippen LogP contribution in [-0.2, 0) is 9.47 Å². The van der Waals surface area contributed by atoms with E-state index in [1.165, 1.54) is 12.8 Å². The van der Waals surface area contributed by atoms with E-state index < -0.39 is 12.8 Å². The molecular formula is C13H22F3NO2. The molecule has 0 aromatic heterocycles. The lowest BCUT2D eigenvalue weighted by atomic mass is 9.81. The molecule has 19 heavy (non-hydrogen) atoms. The third-order valence-corrected chi connectivity index (χ3v) is 4.23. The third kappa shape index (κ3) is 4.33. The van der Waals surface area contributed by atoms with E-state index >= 15 is 0 Å². The molecule has 0 aromatic carbocycles. The lowest BCUT2D eigenvalue weighted by Gasteiger charge is -2.40. The van der Waals surface area contributed by atoms with Crippen LogP contribution in [0.5, 0.6) is 0 Å². The van der Waals surface area contributed by atoms with Crippen LogP contribution in [0.1, 0.15) is 38.5 Å². The zero-order chi connectivity index (χ0) is 13.9. The second-order valence-electron chi connectivity index (χ2n) is 5.79. The first-order valence-electron chi connectivity index (χ1n) is 6.94. The van der Waals surface area contributed by atoms with E-state index in [1.807, 2.05) is 0 Å². The molecule has 1 spiro atoms. The molecule has 0 radical (unpaired) electrons. The van der Waals surface area contributed by atoms with Gasteiger partial charge >= 0.3 is 6.18 Å². The fourth-order valence-electron chi connectivity index (χ4n) is 3.25. The van der Waals surface area contributed by atoms with Gasteiger partial charge in [0.15, 0.2) is 0 Å². The van der Waals surface area contributed by atoms with Crippen LogP contribution in [0.15, 0.2) is 0 Å². The fraction of sp³-hybridized carbons (Fsp3) is 1.00. The van der Waals surface area contributed by atoms with Gasteiger partial charge in [0.05, 0.1) is 12.2 Å². The molecule has 1 saturated carbocycles. The molecular weight excluding hydrogens is 259 g/mol. The van der Waals surface area contributed by atoms with Crippen LogP contribution in [0.4, 0.5) is 13.2 Å². The molecule has 0 aromatic rings. The first-order valence-corrected chi connectivity index (χ1v) is 6.94. The predicted molar refractivity (Wildman–Crippen MR) is 64.7 cm³/mol. The number of ether oxygens (including phenoxy) is 2. The maximum absolute atomic E-state index is 12.0. The molecule has 2 N–H and O–H groups in total. The zero-order valence-electron chi connectivity index (χ0n) is 11.0. The van der Waals surface area contributed by atoms with Crippen molar-refractivity contribution >= 4 is 0 Å². The average molecular weight is 281 g/mol. The van der Waals surface area contributed by atoms with Gasteiger partial charge in [-0.3, -0.25) is 0 Å². The van der Waals surface area contributed by atoms with Crippen LogP contribution in [0, 0.1) is 5.92 Å². The lowest BCUT2D eigenvalue weighted by Crippen LogP contribution is -2.45. The van der Waals surface area contributed by atoms with Gasteiger partial charge in [-0.05, 0) is 31.6 Å². The maximum Gasteiger partial charge on any atom is 0.411 e. The molecule has 1 aliphatic heterocycles. The molecule has 112 valence electrons. The Morgan fingerprint density at radius 1 is 1.32 bits per heavy atom. The third-order valence-electron chi connectivity index (χ3n) is 4.23. The van der Waals surface area contributed by atoms with Gasteiger partial charge in [-0.1, -0.05) is 12.8 Å². The Balaban J connectivity index is 1.77. The van der Waals surface area contributed by atoms with E-state index in [0.29, 0.717) is 6.61 Å². The van der Waals surface area contributed by atoms with Crippen molar-refractivity contribution in [3.63, 3.8) is 0 Å². The highest BCUT2D eigenvalue weighted by molar-refractivity contribution is 4.93. The molecule has 2 aliphatic rings. The molecule has 6 heteroatoms. The lowest BCUT2D eigenvalue weighted by molar-refractivity contribution is -0.177. The Labute approximate surface area is 111 Å². The highest BCUT2D eigenvalue weighted by Crippen LogP contribution is 2.42. The molecule has 2 atom stereocenters. The summed E-state index contributed by atoms with van der Waals surface area (Å²) >= 11 is 0. The second kappa shape index (κ2) is 5.97. The maximum atomic E-state index is 12.0. The van der Waals surface area contributed by atoms with Gasteiger partial charge in [0, 0.05) is 12.6 Å². The van der Waals surface area contributed by atoms with Gasteiger partial charge in [-0.25, -0.2) is 0 Å². The fourth-order valence-corrected chi connectivity index (χ4v) is 3.25. The summed E-state index contributed by atoms with van der Waals surface area (Å²) in [6.07, 6.45) is 1.86. The van der Waals surface area contributed by atoms with E-state index in [2.05, 4.69) is 4.74 Å². The average Bonchev–Trinajstić information content (AvgIpc) is 2.75. The normalized spacial score (nSPS) is 28.7. The minimum atomic E-state index is -4.28. The van der Waals surface area contributed by atoms with Gasteiger partial charge in [0.1, 0.15) is 6.61 Å². The Hall–Kier alpha value is -0.330. The first kappa shape index (κ1) is 15.1. The van der Waals surface area contributed by atoms with Gasteiger partial charge < -0.3 is 15.2 Å². The molecule has 0 amide bonds. The number of alkyl halides is 3. The van der Waals surface area contributed by atoms with Crippen molar-refractivity contribution < 1.29 is 22.6 Å². The SMILES string of the molecule is NC(COCC(F)(F)F)C1CCOC2(CCCC2)C1. The van der Waals surface area contributed by atoms with E-state index in [9.17, 15) is 13.2 Å². The van der Waals surface area contributed by atoms with Crippen molar-refractivity contribution in [1.82, 2.24) is 0 Å². The van der Waals surface area contributed by atoms with Crippen molar-refractivity contribution in [2.45, 2.75) is 56.3 Å². The summed E-state index contributed by atoms with van der Waals surface area (Å²) in [6, 6.07) is -0.330. The molecule has 1 saturated heterocycles. The number of halogens is 3. The van der Waals surface area contributed by atoms with Crippen molar-refractivity contribution in [2.24, 2.45) is 11.7 Å². The molecule has 1 aliphatic carbocycles. The van der Waals surface area contributed by atoms with E-state index in [1.54, 1.807) is 0 Å². The Morgan fingerprint density at radius 3 is 2.63 bits per heavy atom. The minimum absolute atomic E-state index is 0.0275. The zero-order valence-corrected chi connectivity index (χ0v) is 11.0. The van der Waals surface area contributed by atoms with Gasteiger partial charge in [-0.2, -0.15) is 13.2 Å². The summed E-state index contributed by atoms with van der Waals surface area (Å²) in [5.41, 5.74) is 5.93. The predicted octanol–water partition coefficient (Wildman–Crippen LogP) is 2.63. The van der Waals surface area contributed by atoms with Gasteiger partial charge in [0.2, 0.25) is 0 Å². The van der Waals surface area contributed by atoms with Crippen molar-refractivity contribution in [2.75, 3.05) is 19.8 Å². The molecule has 2 unspecified atom stereocenters. The van der Waals surface area contributed by atoms with Crippen LogP contribution in [0.3, 0.4) is 0 Å². The van der Waals surface area contributed by atoms with Gasteiger partial charge in [0.25, 0.3) is 0 Å². The van der Waals surface area contributed by atoms with Crippen molar-refractivity contribution in [1.29, 1.82) is 0 Å². The van der Waals surface area contributed by atoms with Crippen LogP contribution in [0.2, 0.25) is 0 Å². The van der Waals surface area contributed by atoms with E-state index in [4.69, 9.17) is 10.5 Å². The highest BCUT2D eigenvalue weighted by atomic mass is 19.4. The first-order chi connectivity index (χ1) is 8.90. The number of rotatable bonds is 4. The topological polar surface area (TPSA) is 44.5 Å². The number of hydrogen-bond acceptors (Lipinski definition) is 3. The van der Waals surface area contributed by atoms with Crippen LogP contribution in [0.25, 0.3) is 0 Å². The summed E-state index contributed by atoms with van der Waals surface area (Å²) in [5.74, 6) is 0.208. The van der Waals surface area contributed by atoms with E-state index in [0.717, 1.165) is 25.7 Å². The summed E-state index contributed by atoms with van der Waals surface area (Å²) < 4.78 is 46.6. The Bertz CT molecular complexity index is 290. The largest absolute Gasteiger partial charge is 0.411 e.